The molecule has 1 unspecified atom stereocenters. The number of carbonyl (C=O) groups is 1. The fraction of sp³-hybridized carbons (Fsp3) is 0.611. The lowest BCUT2D eigenvalue weighted by Gasteiger charge is -2.27. The minimum absolute atomic E-state index is 0.0789. The molecule has 1 aromatic heterocycles. The molecule has 3 heterocycles. The third kappa shape index (κ3) is 2.85. The third-order valence-electron chi connectivity index (χ3n) is 5.63. The maximum Gasteiger partial charge on any atom is 0.243 e. The van der Waals surface area contributed by atoms with Crippen LogP contribution in [0.5, 0.6) is 0 Å². The van der Waals surface area contributed by atoms with Crippen LogP contribution in [0.15, 0.2) is 24.9 Å². The van der Waals surface area contributed by atoms with Crippen LogP contribution in [0.25, 0.3) is 0 Å². The maximum atomic E-state index is 11.7. The standard InChI is InChI=1S/C18H25N5O/c1-2-16(24)20-14-12-23(13-18(14)7-8-18)15-6-9-19-17(21-15)22-10-4-3-5-11-22/h2,6,9,14H,1,3-5,7-8,10-13H2,(H,20,24). The average Bonchev–Trinajstić information content (AvgIpc) is 3.32. The molecule has 0 aromatic carbocycles. The Labute approximate surface area is 143 Å². The Balaban J connectivity index is 1.50. The minimum Gasteiger partial charge on any atom is -0.354 e. The summed E-state index contributed by atoms with van der Waals surface area (Å²) < 4.78 is 0. The van der Waals surface area contributed by atoms with Crippen molar-refractivity contribution in [1.82, 2.24) is 15.3 Å². The molecule has 2 aliphatic heterocycles. The normalized spacial score (nSPS) is 24.9. The Morgan fingerprint density at radius 2 is 2.08 bits per heavy atom. The van der Waals surface area contributed by atoms with Crippen molar-refractivity contribution >= 4 is 17.7 Å². The topological polar surface area (TPSA) is 61.4 Å². The highest BCUT2D eigenvalue weighted by Crippen LogP contribution is 2.53. The van der Waals surface area contributed by atoms with Crippen LogP contribution in [-0.2, 0) is 4.79 Å². The summed E-state index contributed by atoms with van der Waals surface area (Å²) in [5.74, 6) is 1.74. The molecule has 1 saturated carbocycles. The highest BCUT2D eigenvalue weighted by molar-refractivity contribution is 5.87. The average molecular weight is 327 g/mol. The molecule has 24 heavy (non-hydrogen) atoms. The van der Waals surface area contributed by atoms with Crippen molar-refractivity contribution in [1.29, 1.82) is 0 Å². The van der Waals surface area contributed by atoms with Crippen LogP contribution < -0.4 is 15.1 Å². The van der Waals surface area contributed by atoms with Crippen LogP contribution in [0.4, 0.5) is 11.8 Å². The number of piperidine rings is 1. The van der Waals surface area contributed by atoms with Gasteiger partial charge in [0.25, 0.3) is 0 Å². The number of amides is 1. The van der Waals surface area contributed by atoms with Gasteiger partial charge in [0, 0.05) is 37.8 Å². The van der Waals surface area contributed by atoms with Gasteiger partial charge in [0.1, 0.15) is 5.82 Å². The zero-order valence-corrected chi connectivity index (χ0v) is 14.1. The first kappa shape index (κ1) is 15.4. The zero-order chi connectivity index (χ0) is 16.6. The molecule has 1 N–H and O–H groups in total. The molecule has 3 aliphatic rings. The van der Waals surface area contributed by atoms with E-state index in [1.54, 1.807) is 0 Å². The summed E-state index contributed by atoms with van der Waals surface area (Å²) in [5, 5.41) is 3.11. The van der Waals surface area contributed by atoms with E-state index in [0.29, 0.717) is 0 Å². The van der Waals surface area contributed by atoms with Gasteiger partial charge in [0.2, 0.25) is 11.9 Å². The smallest absolute Gasteiger partial charge is 0.243 e. The Hall–Kier alpha value is -2.11. The van der Waals surface area contributed by atoms with Crippen molar-refractivity contribution in [3.05, 3.63) is 24.9 Å². The van der Waals surface area contributed by atoms with E-state index in [1.165, 1.54) is 38.2 Å². The fourth-order valence-electron chi connectivity index (χ4n) is 4.00. The van der Waals surface area contributed by atoms with E-state index < -0.39 is 0 Å². The summed E-state index contributed by atoms with van der Waals surface area (Å²) >= 11 is 0. The highest BCUT2D eigenvalue weighted by Gasteiger charge is 2.55. The Morgan fingerprint density at radius 1 is 1.29 bits per heavy atom. The Kier molecular flexibility index (Phi) is 3.90. The van der Waals surface area contributed by atoms with Gasteiger partial charge in [0.15, 0.2) is 0 Å². The largest absolute Gasteiger partial charge is 0.354 e. The number of anilines is 2. The summed E-state index contributed by atoms with van der Waals surface area (Å²) in [6.45, 7) is 7.43. The number of aromatic nitrogens is 2. The predicted molar refractivity (Wildman–Crippen MR) is 94.1 cm³/mol. The molecule has 128 valence electrons. The molecular weight excluding hydrogens is 302 g/mol. The molecule has 0 radical (unpaired) electrons. The Morgan fingerprint density at radius 3 is 2.79 bits per heavy atom. The van der Waals surface area contributed by atoms with E-state index in [-0.39, 0.29) is 17.4 Å². The zero-order valence-electron chi connectivity index (χ0n) is 14.1. The summed E-state index contributed by atoms with van der Waals surface area (Å²) in [6, 6.07) is 2.18. The molecule has 1 amide bonds. The van der Waals surface area contributed by atoms with Crippen LogP contribution in [0, 0.1) is 5.41 Å². The Bertz CT molecular complexity index is 636. The van der Waals surface area contributed by atoms with Crippen molar-refractivity contribution in [2.24, 2.45) is 5.41 Å². The lowest BCUT2D eigenvalue weighted by molar-refractivity contribution is -0.117. The second-order valence-electron chi connectivity index (χ2n) is 7.27. The summed E-state index contributed by atoms with van der Waals surface area (Å²) in [7, 11) is 0. The van der Waals surface area contributed by atoms with Gasteiger partial charge in [-0.05, 0) is 44.2 Å². The molecule has 2 saturated heterocycles. The third-order valence-corrected chi connectivity index (χ3v) is 5.63. The second-order valence-corrected chi connectivity index (χ2v) is 7.27. The molecule has 1 spiro atoms. The first-order valence-electron chi connectivity index (χ1n) is 8.96. The van der Waals surface area contributed by atoms with Crippen molar-refractivity contribution < 1.29 is 4.79 Å². The minimum atomic E-state index is -0.0789. The van der Waals surface area contributed by atoms with E-state index in [9.17, 15) is 4.79 Å². The number of rotatable bonds is 4. The number of hydrogen-bond donors (Lipinski definition) is 1. The second kappa shape index (κ2) is 6.07. The molecule has 1 aromatic rings. The fourth-order valence-corrected chi connectivity index (χ4v) is 4.00. The van der Waals surface area contributed by atoms with Crippen LogP contribution >= 0.6 is 0 Å². The van der Waals surface area contributed by atoms with Crippen LogP contribution in [-0.4, -0.2) is 48.1 Å². The quantitative estimate of drug-likeness (QED) is 0.854. The SMILES string of the molecule is C=CC(=O)NC1CN(c2ccnc(N3CCCCC3)n2)CC12CC2. The summed E-state index contributed by atoms with van der Waals surface area (Å²) in [5.41, 5.74) is 0.231. The van der Waals surface area contributed by atoms with Crippen LogP contribution in [0.3, 0.4) is 0 Å². The number of nitrogens with zero attached hydrogens (tertiary/aromatic N) is 4. The number of nitrogens with one attached hydrogen (secondary N) is 1. The molecule has 1 atom stereocenters. The molecule has 6 nitrogen and oxygen atoms in total. The van der Waals surface area contributed by atoms with Crippen LogP contribution in [0.2, 0.25) is 0 Å². The predicted octanol–water partition coefficient (Wildman–Crippen LogP) is 1.74. The first-order valence-corrected chi connectivity index (χ1v) is 8.96. The van der Waals surface area contributed by atoms with Gasteiger partial charge in [-0.2, -0.15) is 4.98 Å². The van der Waals surface area contributed by atoms with E-state index in [2.05, 4.69) is 26.7 Å². The summed E-state index contributed by atoms with van der Waals surface area (Å²) in [4.78, 5) is 25.6. The lowest BCUT2D eigenvalue weighted by atomic mass is 10.0. The van der Waals surface area contributed by atoms with Crippen molar-refractivity contribution in [3.63, 3.8) is 0 Å². The molecule has 3 fully saturated rings. The lowest BCUT2D eigenvalue weighted by Crippen LogP contribution is -2.40. The summed E-state index contributed by atoms with van der Waals surface area (Å²) in [6.07, 6.45) is 9.31. The first-order chi connectivity index (χ1) is 11.7. The van der Waals surface area contributed by atoms with E-state index in [1.807, 2.05) is 12.3 Å². The van der Waals surface area contributed by atoms with Gasteiger partial charge in [-0.3, -0.25) is 4.79 Å². The number of hydrogen-bond acceptors (Lipinski definition) is 5. The number of carbonyl (C=O) groups excluding carboxylic acids is 1. The van der Waals surface area contributed by atoms with Crippen LogP contribution in [0.1, 0.15) is 32.1 Å². The highest BCUT2D eigenvalue weighted by atomic mass is 16.1. The molecule has 1 aliphatic carbocycles. The van der Waals surface area contributed by atoms with Crippen molar-refractivity contribution in [2.45, 2.75) is 38.1 Å². The van der Waals surface area contributed by atoms with Gasteiger partial charge < -0.3 is 15.1 Å². The maximum absolute atomic E-state index is 11.7. The monoisotopic (exact) mass is 327 g/mol. The van der Waals surface area contributed by atoms with Gasteiger partial charge in [-0.25, -0.2) is 4.98 Å². The van der Waals surface area contributed by atoms with Gasteiger partial charge in [0.05, 0.1) is 6.04 Å². The molecule has 4 rings (SSSR count). The van der Waals surface area contributed by atoms with E-state index in [0.717, 1.165) is 37.9 Å². The molecule has 0 bridgehead atoms. The van der Waals surface area contributed by atoms with Crippen molar-refractivity contribution in [2.75, 3.05) is 36.0 Å². The molecular formula is C18H25N5O. The van der Waals surface area contributed by atoms with Gasteiger partial charge in [-0.15, -0.1) is 0 Å². The van der Waals surface area contributed by atoms with Gasteiger partial charge >= 0.3 is 0 Å². The van der Waals surface area contributed by atoms with Gasteiger partial charge in [-0.1, -0.05) is 6.58 Å². The van der Waals surface area contributed by atoms with Crippen molar-refractivity contribution in [3.8, 4) is 0 Å². The van der Waals surface area contributed by atoms with E-state index >= 15 is 0 Å². The van der Waals surface area contributed by atoms with E-state index in [4.69, 9.17) is 4.98 Å². The molecule has 6 heteroatoms.